The maximum absolute atomic E-state index is 6.22. The van der Waals surface area contributed by atoms with E-state index >= 15 is 0 Å². The normalized spacial score (nSPS) is 14.5. The molecule has 90 valence electrons. The van der Waals surface area contributed by atoms with Crippen molar-refractivity contribution < 1.29 is 0 Å². The van der Waals surface area contributed by atoms with Gasteiger partial charge >= 0.3 is 0 Å². The van der Waals surface area contributed by atoms with Crippen LogP contribution in [0.25, 0.3) is 0 Å². The third-order valence-corrected chi connectivity index (χ3v) is 4.51. The van der Waals surface area contributed by atoms with E-state index in [0.717, 1.165) is 5.02 Å². The highest BCUT2D eigenvalue weighted by Crippen LogP contribution is 2.37. The number of halogens is 1. The molecule has 0 saturated heterocycles. The van der Waals surface area contributed by atoms with Crippen LogP contribution in [0.5, 0.6) is 0 Å². The Bertz CT molecular complexity index is 466. The van der Waals surface area contributed by atoms with Crippen molar-refractivity contribution in [2.75, 3.05) is 7.05 Å². The molecule has 1 nitrogen and oxygen atoms in total. The van der Waals surface area contributed by atoms with Gasteiger partial charge in [-0.3, -0.25) is 0 Å². The van der Waals surface area contributed by atoms with Gasteiger partial charge in [0.1, 0.15) is 0 Å². The average molecular weight is 266 g/mol. The second-order valence-corrected chi connectivity index (χ2v) is 5.45. The van der Waals surface area contributed by atoms with Crippen LogP contribution >= 0.6 is 22.9 Å². The third-order valence-electron chi connectivity index (χ3n) is 3.06. The summed E-state index contributed by atoms with van der Waals surface area (Å²) in [5.74, 6) is 0.400. The van der Waals surface area contributed by atoms with Crippen molar-refractivity contribution in [3.8, 4) is 0 Å². The van der Waals surface area contributed by atoms with Crippen molar-refractivity contribution in [1.29, 1.82) is 0 Å². The van der Waals surface area contributed by atoms with Crippen LogP contribution in [-0.2, 0) is 0 Å². The van der Waals surface area contributed by atoms with Gasteiger partial charge in [-0.1, -0.05) is 48.9 Å². The van der Waals surface area contributed by atoms with Crippen LogP contribution in [0.1, 0.15) is 29.3 Å². The molecule has 1 aromatic heterocycles. The minimum absolute atomic E-state index is 0.268. The number of benzene rings is 1. The van der Waals surface area contributed by atoms with Gasteiger partial charge in [0.05, 0.1) is 5.02 Å². The molecule has 0 aliphatic heterocycles. The predicted molar refractivity (Wildman–Crippen MR) is 76.0 cm³/mol. The summed E-state index contributed by atoms with van der Waals surface area (Å²) >= 11 is 7.93. The summed E-state index contributed by atoms with van der Waals surface area (Å²) in [5.41, 5.74) is 1.33. The summed E-state index contributed by atoms with van der Waals surface area (Å²) in [6, 6.07) is 12.8. The van der Waals surface area contributed by atoms with Crippen LogP contribution in [0.4, 0.5) is 0 Å². The molecule has 0 spiro atoms. The molecule has 0 radical (unpaired) electrons. The number of hydrogen-bond donors (Lipinski definition) is 1. The highest BCUT2D eigenvalue weighted by atomic mass is 35.5. The highest BCUT2D eigenvalue weighted by molar-refractivity contribution is 7.10. The van der Waals surface area contributed by atoms with Crippen LogP contribution in [0.2, 0.25) is 5.02 Å². The van der Waals surface area contributed by atoms with Crippen molar-refractivity contribution in [2.24, 2.45) is 0 Å². The molecule has 0 fully saturated rings. The first-order valence-corrected chi connectivity index (χ1v) is 6.95. The molecule has 17 heavy (non-hydrogen) atoms. The van der Waals surface area contributed by atoms with E-state index in [2.05, 4.69) is 36.5 Å². The molecule has 0 aliphatic carbocycles. The first kappa shape index (κ1) is 12.6. The van der Waals surface area contributed by atoms with Crippen molar-refractivity contribution in [3.63, 3.8) is 0 Å². The molecule has 1 heterocycles. The molecule has 0 saturated carbocycles. The second-order valence-electron chi connectivity index (χ2n) is 4.10. The van der Waals surface area contributed by atoms with Gasteiger partial charge in [0.15, 0.2) is 0 Å². The molecular weight excluding hydrogens is 250 g/mol. The largest absolute Gasteiger partial charge is 0.312 e. The number of rotatable bonds is 4. The first-order valence-electron chi connectivity index (χ1n) is 5.69. The van der Waals surface area contributed by atoms with Gasteiger partial charge in [0, 0.05) is 16.8 Å². The molecule has 2 unspecified atom stereocenters. The Balaban J connectivity index is 2.28. The summed E-state index contributed by atoms with van der Waals surface area (Å²) in [7, 11) is 1.99. The first-order chi connectivity index (χ1) is 8.24. The summed E-state index contributed by atoms with van der Waals surface area (Å²) < 4.78 is 0. The Labute approximate surface area is 111 Å². The number of hydrogen-bond acceptors (Lipinski definition) is 2. The van der Waals surface area contributed by atoms with Gasteiger partial charge in [-0.15, -0.1) is 11.3 Å². The summed E-state index contributed by atoms with van der Waals surface area (Å²) in [6.45, 7) is 2.23. The topological polar surface area (TPSA) is 12.0 Å². The van der Waals surface area contributed by atoms with E-state index in [9.17, 15) is 0 Å². The predicted octanol–water partition coefficient (Wildman–Crippen LogP) is 4.47. The Morgan fingerprint density at radius 2 is 1.88 bits per heavy atom. The average Bonchev–Trinajstić information content (AvgIpc) is 2.78. The SMILES string of the molecule is CNC(c1sccc1Cl)C(C)c1ccccc1. The lowest BCUT2D eigenvalue weighted by atomic mass is 9.92. The van der Waals surface area contributed by atoms with Gasteiger partial charge in [0.25, 0.3) is 0 Å². The lowest BCUT2D eigenvalue weighted by Gasteiger charge is -2.23. The Morgan fingerprint density at radius 3 is 2.41 bits per heavy atom. The third kappa shape index (κ3) is 2.71. The van der Waals surface area contributed by atoms with Crippen LogP contribution in [0.3, 0.4) is 0 Å². The Hall–Kier alpha value is -0.830. The summed E-state index contributed by atoms with van der Waals surface area (Å²) in [4.78, 5) is 1.21. The quantitative estimate of drug-likeness (QED) is 0.860. The Morgan fingerprint density at radius 1 is 1.18 bits per heavy atom. The van der Waals surface area contributed by atoms with Crippen molar-refractivity contribution >= 4 is 22.9 Å². The molecule has 1 N–H and O–H groups in total. The lowest BCUT2D eigenvalue weighted by Crippen LogP contribution is -2.21. The van der Waals surface area contributed by atoms with Crippen LogP contribution in [0.15, 0.2) is 41.8 Å². The van der Waals surface area contributed by atoms with Crippen molar-refractivity contribution in [1.82, 2.24) is 5.32 Å². The number of nitrogens with one attached hydrogen (secondary N) is 1. The van der Waals surface area contributed by atoms with Crippen molar-refractivity contribution in [2.45, 2.75) is 18.9 Å². The van der Waals surface area contributed by atoms with E-state index < -0.39 is 0 Å². The molecule has 2 aromatic rings. The molecule has 0 aliphatic rings. The maximum Gasteiger partial charge on any atom is 0.0561 e. The fraction of sp³-hybridized carbons (Fsp3) is 0.286. The maximum atomic E-state index is 6.22. The molecule has 2 rings (SSSR count). The van der Waals surface area contributed by atoms with E-state index in [1.165, 1.54) is 10.4 Å². The second kappa shape index (κ2) is 5.67. The van der Waals surface area contributed by atoms with E-state index in [1.54, 1.807) is 11.3 Å². The standard InChI is InChI=1S/C14H16ClNS/c1-10(11-6-4-3-5-7-11)13(16-2)14-12(15)8-9-17-14/h3-10,13,16H,1-2H3. The zero-order valence-electron chi connectivity index (χ0n) is 9.98. The van der Waals surface area contributed by atoms with E-state index in [-0.39, 0.29) is 6.04 Å². The molecule has 2 atom stereocenters. The molecule has 0 amide bonds. The molecule has 1 aromatic carbocycles. The van der Waals surface area contributed by atoms with Gasteiger partial charge in [0.2, 0.25) is 0 Å². The Kier molecular flexibility index (Phi) is 4.21. The fourth-order valence-electron chi connectivity index (χ4n) is 2.08. The van der Waals surface area contributed by atoms with E-state index in [0.29, 0.717) is 5.92 Å². The zero-order valence-corrected chi connectivity index (χ0v) is 11.6. The van der Waals surface area contributed by atoms with Gasteiger partial charge in [-0.25, -0.2) is 0 Å². The minimum atomic E-state index is 0.268. The van der Waals surface area contributed by atoms with E-state index in [1.807, 2.05) is 24.6 Å². The lowest BCUT2D eigenvalue weighted by molar-refractivity contribution is 0.516. The van der Waals surface area contributed by atoms with Crippen LogP contribution in [0, 0.1) is 0 Å². The van der Waals surface area contributed by atoms with Gasteiger partial charge in [-0.2, -0.15) is 0 Å². The molecule has 0 bridgehead atoms. The smallest absolute Gasteiger partial charge is 0.0561 e. The number of likely N-dealkylation sites (N-methyl/N-ethyl adjacent to an activating group) is 1. The zero-order chi connectivity index (χ0) is 12.3. The van der Waals surface area contributed by atoms with Crippen LogP contribution in [-0.4, -0.2) is 7.05 Å². The van der Waals surface area contributed by atoms with Gasteiger partial charge in [-0.05, 0) is 24.1 Å². The summed E-state index contributed by atoms with van der Waals surface area (Å²) in [5, 5.41) is 6.27. The van der Waals surface area contributed by atoms with E-state index in [4.69, 9.17) is 11.6 Å². The highest BCUT2D eigenvalue weighted by Gasteiger charge is 2.22. The van der Waals surface area contributed by atoms with Crippen LogP contribution < -0.4 is 5.32 Å². The summed E-state index contributed by atoms with van der Waals surface area (Å²) in [6.07, 6.45) is 0. The van der Waals surface area contributed by atoms with Gasteiger partial charge < -0.3 is 5.32 Å². The molecule has 3 heteroatoms. The monoisotopic (exact) mass is 265 g/mol. The number of thiophene rings is 1. The molecular formula is C14H16ClNS. The fourth-order valence-corrected chi connectivity index (χ4v) is 3.47. The minimum Gasteiger partial charge on any atom is -0.312 e. The van der Waals surface area contributed by atoms with Crippen molar-refractivity contribution in [3.05, 3.63) is 57.2 Å².